The van der Waals surface area contributed by atoms with E-state index >= 15 is 0 Å². The van der Waals surface area contributed by atoms with Crippen molar-refractivity contribution in [2.24, 2.45) is 0 Å². The van der Waals surface area contributed by atoms with Crippen LogP contribution in [0.3, 0.4) is 0 Å². The number of amides is 3. The van der Waals surface area contributed by atoms with Crippen molar-refractivity contribution in [3.8, 4) is 0 Å². The Hall–Kier alpha value is -0.843. The van der Waals surface area contributed by atoms with Crippen LogP contribution in [-0.2, 0) is 4.79 Å². The van der Waals surface area contributed by atoms with Crippen molar-refractivity contribution in [1.82, 2.24) is 9.47 Å². The summed E-state index contributed by atoms with van der Waals surface area (Å²) >= 11 is 0. The molecule has 0 radical (unpaired) electrons. The summed E-state index contributed by atoms with van der Waals surface area (Å²) in [6.07, 6.45) is 5.71. The maximum Gasteiger partial charge on any atom is 0.319 e. The number of carbonyl (C=O) groups excluding carboxylic acids is 2. The van der Waals surface area contributed by atoms with Crippen LogP contribution < -0.4 is 0 Å². The molecule has 1 saturated heterocycles. The Kier molecular flexibility index (Phi) is 5.05. The molecule has 1 saturated carbocycles. The van der Waals surface area contributed by atoms with Crippen molar-refractivity contribution in [2.75, 3.05) is 0 Å². The quantitative estimate of drug-likeness (QED) is 0.556. The standard InChI is InChI=1S/C17H32N2O2Si/c1-6-22(7-2,8-3)19-15(20)17(4,5)18(16(19)21)14-12-10-9-11-13-14/h14H,6-13H2,1-5H3. The third-order valence-corrected chi connectivity index (χ3v) is 11.4. The summed E-state index contributed by atoms with van der Waals surface area (Å²) < 4.78 is 1.75. The molecule has 1 aliphatic heterocycles. The van der Waals surface area contributed by atoms with Gasteiger partial charge in [0.1, 0.15) is 5.54 Å². The average Bonchev–Trinajstić information content (AvgIpc) is 2.70. The van der Waals surface area contributed by atoms with E-state index in [1.165, 1.54) is 19.3 Å². The first-order valence-electron chi connectivity index (χ1n) is 9.03. The van der Waals surface area contributed by atoms with Crippen LogP contribution in [0.5, 0.6) is 0 Å². The van der Waals surface area contributed by atoms with Crippen LogP contribution >= 0.6 is 0 Å². The van der Waals surface area contributed by atoms with Gasteiger partial charge in [0.05, 0.1) is 0 Å². The minimum Gasteiger partial charge on any atom is -0.308 e. The predicted octanol–water partition coefficient (Wildman–Crippen LogP) is 4.37. The van der Waals surface area contributed by atoms with Gasteiger partial charge in [0, 0.05) is 6.04 Å². The van der Waals surface area contributed by atoms with E-state index in [9.17, 15) is 9.59 Å². The SMILES string of the molecule is CC[Si](CC)(CC)N1C(=O)N(C2CCCCC2)C(C)(C)C1=O. The number of urea groups is 1. The monoisotopic (exact) mass is 324 g/mol. The maximum absolute atomic E-state index is 13.2. The second kappa shape index (κ2) is 6.34. The molecule has 0 aromatic carbocycles. The third kappa shape index (κ3) is 2.51. The fraction of sp³-hybridized carbons (Fsp3) is 0.882. The second-order valence-electron chi connectivity index (χ2n) is 7.43. The molecule has 0 N–H and O–H groups in total. The van der Waals surface area contributed by atoms with Gasteiger partial charge in [-0.3, -0.25) is 9.36 Å². The van der Waals surface area contributed by atoms with E-state index < -0.39 is 13.8 Å². The van der Waals surface area contributed by atoms with Crippen molar-refractivity contribution in [3.05, 3.63) is 0 Å². The number of carbonyl (C=O) groups is 2. The molecule has 3 amide bonds. The molecule has 0 atom stereocenters. The van der Waals surface area contributed by atoms with Crippen LogP contribution in [0, 0.1) is 0 Å². The molecule has 0 bridgehead atoms. The number of imide groups is 1. The van der Waals surface area contributed by atoms with E-state index in [0.29, 0.717) is 0 Å². The summed E-state index contributed by atoms with van der Waals surface area (Å²) in [5.41, 5.74) is -0.670. The molecule has 0 aromatic rings. The van der Waals surface area contributed by atoms with E-state index in [1.54, 1.807) is 4.57 Å². The molecular formula is C17H32N2O2Si. The zero-order chi connectivity index (χ0) is 16.5. The van der Waals surface area contributed by atoms with Crippen LogP contribution in [0.15, 0.2) is 0 Å². The lowest BCUT2D eigenvalue weighted by Gasteiger charge is -2.38. The first kappa shape index (κ1) is 17.5. The summed E-state index contributed by atoms with van der Waals surface area (Å²) in [6.45, 7) is 10.3. The number of hydrogen-bond acceptors (Lipinski definition) is 2. The lowest BCUT2D eigenvalue weighted by Crippen LogP contribution is -2.56. The van der Waals surface area contributed by atoms with Gasteiger partial charge >= 0.3 is 6.03 Å². The lowest BCUT2D eigenvalue weighted by molar-refractivity contribution is -0.130. The Bertz CT molecular complexity index is 432. The highest BCUT2D eigenvalue weighted by atomic mass is 28.3. The first-order valence-corrected chi connectivity index (χ1v) is 11.6. The topological polar surface area (TPSA) is 40.6 Å². The van der Waals surface area contributed by atoms with E-state index in [0.717, 1.165) is 31.0 Å². The Labute approximate surface area is 136 Å². The van der Waals surface area contributed by atoms with Gasteiger partial charge in [0.2, 0.25) is 5.91 Å². The zero-order valence-electron chi connectivity index (χ0n) is 14.9. The highest BCUT2D eigenvalue weighted by Crippen LogP contribution is 2.40. The fourth-order valence-electron chi connectivity index (χ4n) is 4.40. The normalized spacial score (nSPS) is 23.5. The molecule has 1 heterocycles. The average molecular weight is 325 g/mol. The molecular weight excluding hydrogens is 292 g/mol. The number of hydrogen-bond donors (Lipinski definition) is 0. The van der Waals surface area contributed by atoms with E-state index in [-0.39, 0.29) is 18.0 Å². The van der Waals surface area contributed by atoms with Crippen molar-refractivity contribution >= 4 is 20.2 Å². The Balaban J connectivity index is 2.39. The Morgan fingerprint density at radius 3 is 1.95 bits per heavy atom. The fourth-order valence-corrected chi connectivity index (χ4v) is 8.07. The van der Waals surface area contributed by atoms with Gasteiger partial charge in [-0.1, -0.05) is 40.0 Å². The van der Waals surface area contributed by atoms with E-state index in [1.807, 2.05) is 18.7 Å². The van der Waals surface area contributed by atoms with Crippen LogP contribution in [0.25, 0.3) is 0 Å². The second-order valence-corrected chi connectivity index (χ2v) is 12.4. The van der Waals surface area contributed by atoms with Gasteiger partial charge < -0.3 is 4.90 Å². The summed E-state index contributed by atoms with van der Waals surface area (Å²) in [5, 5.41) is 0. The zero-order valence-corrected chi connectivity index (χ0v) is 15.9. The van der Waals surface area contributed by atoms with Crippen molar-refractivity contribution < 1.29 is 9.59 Å². The molecule has 5 heteroatoms. The number of nitrogens with zero attached hydrogens (tertiary/aromatic N) is 2. The molecule has 22 heavy (non-hydrogen) atoms. The van der Waals surface area contributed by atoms with E-state index in [4.69, 9.17) is 0 Å². The summed E-state index contributed by atoms with van der Waals surface area (Å²) in [4.78, 5) is 28.3. The van der Waals surface area contributed by atoms with Gasteiger partial charge in [-0.2, -0.15) is 0 Å². The molecule has 126 valence electrons. The van der Waals surface area contributed by atoms with Crippen molar-refractivity contribution in [3.63, 3.8) is 0 Å². The minimum absolute atomic E-state index is 0.0131. The third-order valence-electron chi connectivity index (χ3n) is 6.11. The van der Waals surface area contributed by atoms with Crippen LogP contribution in [0.2, 0.25) is 18.1 Å². The Morgan fingerprint density at radius 1 is 1.00 bits per heavy atom. The molecule has 0 spiro atoms. The lowest BCUT2D eigenvalue weighted by atomic mass is 9.91. The molecule has 1 aliphatic carbocycles. The largest absolute Gasteiger partial charge is 0.319 e. The first-order chi connectivity index (χ1) is 10.4. The van der Waals surface area contributed by atoms with Gasteiger partial charge in [0.15, 0.2) is 8.24 Å². The maximum atomic E-state index is 13.2. The van der Waals surface area contributed by atoms with Crippen LogP contribution in [0.1, 0.15) is 66.7 Å². The molecule has 2 fully saturated rings. The highest BCUT2D eigenvalue weighted by molar-refractivity contribution is 6.81. The van der Waals surface area contributed by atoms with Crippen molar-refractivity contribution in [2.45, 2.75) is 96.4 Å². The summed E-state index contributed by atoms with van der Waals surface area (Å²) in [6, 6.07) is 3.16. The molecule has 4 nitrogen and oxygen atoms in total. The van der Waals surface area contributed by atoms with Gasteiger partial charge in [-0.25, -0.2) is 4.79 Å². The molecule has 0 unspecified atom stereocenters. The molecule has 2 aliphatic rings. The van der Waals surface area contributed by atoms with Gasteiger partial charge in [0.25, 0.3) is 0 Å². The van der Waals surface area contributed by atoms with E-state index in [2.05, 4.69) is 20.8 Å². The molecule has 2 rings (SSSR count). The van der Waals surface area contributed by atoms with Crippen LogP contribution in [0.4, 0.5) is 4.79 Å². The van der Waals surface area contributed by atoms with Crippen molar-refractivity contribution in [1.29, 1.82) is 0 Å². The van der Waals surface area contributed by atoms with Gasteiger partial charge in [-0.05, 0) is 44.8 Å². The Morgan fingerprint density at radius 2 is 1.50 bits per heavy atom. The van der Waals surface area contributed by atoms with Crippen LogP contribution in [-0.4, -0.2) is 41.2 Å². The van der Waals surface area contributed by atoms with Gasteiger partial charge in [-0.15, -0.1) is 0 Å². The highest BCUT2D eigenvalue weighted by Gasteiger charge is 2.58. The number of rotatable bonds is 5. The summed E-state index contributed by atoms with van der Waals surface area (Å²) in [5.74, 6) is 0.0558. The predicted molar refractivity (Wildman–Crippen MR) is 92.2 cm³/mol. The smallest absolute Gasteiger partial charge is 0.308 e. The minimum atomic E-state index is -2.01. The molecule has 0 aromatic heterocycles. The summed E-state index contributed by atoms with van der Waals surface area (Å²) in [7, 11) is -2.01.